The SMILES string of the molecule is O=C(N[C@H](CC[C@H](Cc1ccccc1)NC(=O)[C@H]1CC[C@H](c2ccc(Cl)cc2)CC1)Cc1ccccc1)OCc1cncs1. The standard InChI is InChI=1S/C36H40ClN3O3S/c37-31-17-15-29(16-18-31)28-11-13-30(14-12-28)35(41)39-32(21-26-7-3-1-4-8-26)19-20-33(22-27-9-5-2-6-10-27)40-36(42)43-24-34-23-38-25-44-34/h1-10,15-18,23,25,28,30,32-33H,11-14,19-22,24H2,(H,39,41)(H,40,42)/t28-,30-,32-,33-/m1/s1. The number of hydrogen-bond donors (Lipinski definition) is 2. The number of carbonyl (C=O) groups is 2. The lowest BCUT2D eigenvalue weighted by molar-refractivity contribution is -0.126. The topological polar surface area (TPSA) is 80.3 Å². The first-order valence-corrected chi connectivity index (χ1v) is 16.7. The number of nitrogens with zero attached hydrogens (tertiary/aromatic N) is 1. The number of nitrogens with one attached hydrogen (secondary N) is 2. The number of rotatable bonds is 13. The van der Waals surface area contributed by atoms with E-state index in [2.05, 4.69) is 52.0 Å². The highest BCUT2D eigenvalue weighted by Crippen LogP contribution is 2.36. The van der Waals surface area contributed by atoms with E-state index in [0.717, 1.165) is 54.0 Å². The first-order valence-electron chi connectivity index (χ1n) is 15.5. The lowest BCUT2D eigenvalue weighted by atomic mass is 9.78. The monoisotopic (exact) mass is 629 g/mol. The third kappa shape index (κ3) is 9.93. The smallest absolute Gasteiger partial charge is 0.407 e. The molecule has 4 aromatic rings. The molecule has 8 heteroatoms. The van der Waals surface area contributed by atoms with Crippen molar-refractivity contribution in [3.8, 4) is 0 Å². The summed E-state index contributed by atoms with van der Waals surface area (Å²) in [5.74, 6) is 0.617. The van der Waals surface area contributed by atoms with Crippen LogP contribution in [0.4, 0.5) is 4.79 Å². The minimum Gasteiger partial charge on any atom is -0.444 e. The molecule has 0 bridgehead atoms. The van der Waals surface area contributed by atoms with Crippen molar-refractivity contribution in [3.05, 3.63) is 123 Å². The maximum absolute atomic E-state index is 13.6. The van der Waals surface area contributed by atoms with E-state index < -0.39 is 6.09 Å². The van der Waals surface area contributed by atoms with E-state index in [9.17, 15) is 9.59 Å². The molecule has 1 heterocycles. The van der Waals surface area contributed by atoms with Crippen LogP contribution in [-0.2, 0) is 29.0 Å². The number of amides is 2. The number of carbonyl (C=O) groups excluding carboxylic acids is 2. The van der Waals surface area contributed by atoms with Gasteiger partial charge in [-0.1, -0.05) is 84.4 Å². The number of aromatic nitrogens is 1. The normalized spacial score (nSPS) is 17.8. The molecular formula is C36H40ClN3O3S. The molecule has 0 radical (unpaired) electrons. The summed E-state index contributed by atoms with van der Waals surface area (Å²) in [4.78, 5) is 31.3. The van der Waals surface area contributed by atoms with Crippen LogP contribution in [0.1, 0.15) is 66.0 Å². The Hall–Kier alpha value is -3.68. The zero-order valence-corrected chi connectivity index (χ0v) is 26.4. The fraction of sp³-hybridized carbons (Fsp3) is 0.361. The Kier molecular flexibility index (Phi) is 11.8. The third-order valence-corrected chi connectivity index (χ3v) is 9.46. The van der Waals surface area contributed by atoms with Gasteiger partial charge in [-0.3, -0.25) is 9.78 Å². The predicted octanol–water partition coefficient (Wildman–Crippen LogP) is 8.12. The fourth-order valence-corrected chi connectivity index (χ4v) is 6.68. The summed E-state index contributed by atoms with van der Waals surface area (Å²) >= 11 is 7.54. The van der Waals surface area contributed by atoms with E-state index in [-0.39, 0.29) is 30.5 Å². The Labute approximate surface area is 269 Å². The van der Waals surface area contributed by atoms with Crippen LogP contribution in [0.2, 0.25) is 5.02 Å². The highest BCUT2D eigenvalue weighted by atomic mass is 35.5. The Morgan fingerprint density at radius 2 is 1.41 bits per heavy atom. The maximum Gasteiger partial charge on any atom is 0.407 e. The van der Waals surface area contributed by atoms with Crippen LogP contribution in [0.15, 0.2) is 96.6 Å². The van der Waals surface area contributed by atoms with E-state index in [1.807, 2.05) is 48.5 Å². The van der Waals surface area contributed by atoms with Gasteiger partial charge >= 0.3 is 6.09 Å². The molecular weight excluding hydrogens is 590 g/mol. The van der Waals surface area contributed by atoms with Gasteiger partial charge in [-0.15, -0.1) is 11.3 Å². The Balaban J connectivity index is 1.20. The van der Waals surface area contributed by atoms with Gasteiger partial charge in [0, 0.05) is 29.2 Å². The van der Waals surface area contributed by atoms with Crippen LogP contribution in [0, 0.1) is 5.92 Å². The molecule has 1 aromatic heterocycles. The molecule has 0 spiro atoms. The van der Waals surface area contributed by atoms with Crippen molar-refractivity contribution >= 4 is 34.9 Å². The average molecular weight is 630 g/mol. The van der Waals surface area contributed by atoms with E-state index in [0.29, 0.717) is 18.8 Å². The van der Waals surface area contributed by atoms with Crippen LogP contribution in [0.3, 0.4) is 0 Å². The molecule has 5 rings (SSSR count). The van der Waals surface area contributed by atoms with Gasteiger partial charge in [-0.05, 0) is 86.1 Å². The van der Waals surface area contributed by atoms with E-state index in [4.69, 9.17) is 16.3 Å². The minimum absolute atomic E-state index is 0.0109. The first kappa shape index (κ1) is 31.7. The average Bonchev–Trinajstić information content (AvgIpc) is 3.58. The molecule has 2 atom stereocenters. The Bertz CT molecular complexity index is 1430. The molecule has 2 amide bonds. The zero-order chi connectivity index (χ0) is 30.6. The number of thiazole rings is 1. The number of hydrogen-bond acceptors (Lipinski definition) is 5. The second-order valence-electron chi connectivity index (χ2n) is 11.6. The molecule has 1 fully saturated rings. The van der Waals surface area contributed by atoms with E-state index in [1.54, 1.807) is 11.7 Å². The largest absolute Gasteiger partial charge is 0.444 e. The minimum atomic E-state index is -0.444. The summed E-state index contributed by atoms with van der Waals surface area (Å²) in [7, 11) is 0. The van der Waals surface area contributed by atoms with E-state index in [1.165, 1.54) is 22.5 Å². The van der Waals surface area contributed by atoms with Crippen molar-refractivity contribution in [2.75, 3.05) is 0 Å². The van der Waals surface area contributed by atoms with Gasteiger partial charge in [-0.2, -0.15) is 0 Å². The van der Waals surface area contributed by atoms with Crippen molar-refractivity contribution < 1.29 is 14.3 Å². The number of halogens is 1. The summed E-state index contributed by atoms with van der Waals surface area (Å²) in [5.41, 5.74) is 5.35. The second kappa shape index (κ2) is 16.4. The molecule has 3 aromatic carbocycles. The van der Waals surface area contributed by atoms with Gasteiger partial charge in [0.15, 0.2) is 0 Å². The number of alkyl carbamates (subject to hydrolysis) is 1. The van der Waals surface area contributed by atoms with Gasteiger partial charge in [0.2, 0.25) is 5.91 Å². The third-order valence-electron chi connectivity index (χ3n) is 8.45. The lowest BCUT2D eigenvalue weighted by Crippen LogP contribution is -2.43. The fourth-order valence-electron chi connectivity index (χ4n) is 6.05. The van der Waals surface area contributed by atoms with Crippen molar-refractivity contribution in [2.24, 2.45) is 5.92 Å². The molecule has 1 aliphatic rings. The van der Waals surface area contributed by atoms with Gasteiger partial charge in [0.25, 0.3) is 0 Å². The van der Waals surface area contributed by atoms with E-state index >= 15 is 0 Å². The Morgan fingerprint density at radius 3 is 1.98 bits per heavy atom. The summed E-state index contributed by atoms with van der Waals surface area (Å²) in [6.07, 6.45) is 7.85. The van der Waals surface area contributed by atoms with Crippen molar-refractivity contribution in [2.45, 2.75) is 76.0 Å². The molecule has 230 valence electrons. The van der Waals surface area contributed by atoms with Gasteiger partial charge < -0.3 is 15.4 Å². The van der Waals surface area contributed by atoms with Gasteiger partial charge in [0.05, 0.1) is 10.4 Å². The molecule has 0 aliphatic heterocycles. The van der Waals surface area contributed by atoms with Crippen molar-refractivity contribution in [3.63, 3.8) is 0 Å². The van der Waals surface area contributed by atoms with Crippen molar-refractivity contribution in [1.82, 2.24) is 15.6 Å². The highest BCUT2D eigenvalue weighted by Gasteiger charge is 2.29. The number of benzene rings is 3. The quantitative estimate of drug-likeness (QED) is 0.157. The van der Waals surface area contributed by atoms with Gasteiger partial charge in [-0.25, -0.2) is 4.79 Å². The molecule has 0 saturated heterocycles. The summed E-state index contributed by atoms with van der Waals surface area (Å²) in [6.45, 7) is 0.196. The molecule has 2 N–H and O–H groups in total. The molecule has 44 heavy (non-hydrogen) atoms. The molecule has 6 nitrogen and oxygen atoms in total. The van der Waals surface area contributed by atoms with Crippen molar-refractivity contribution in [1.29, 1.82) is 0 Å². The highest BCUT2D eigenvalue weighted by molar-refractivity contribution is 7.09. The van der Waals surface area contributed by atoms with Crippen LogP contribution >= 0.6 is 22.9 Å². The summed E-state index contributed by atoms with van der Waals surface area (Å²) in [6, 6.07) is 28.4. The summed E-state index contributed by atoms with van der Waals surface area (Å²) < 4.78 is 5.49. The molecule has 1 saturated carbocycles. The molecule has 1 aliphatic carbocycles. The Morgan fingerprint density at radius 1 is 0.818 bits per heavy atom. The van der Waals surface area contributed by atoms with Crippen LogP contribution in [0.5, 0.6) is 0 Å². The van der Waals surface area contributed by atoms with Crippen LogP contribution in [-0.4, -0.2) is 29.1 Å². The lowest BCUT2D eigenvalue weighted by Gasteiger charge is -2.30. The zero-order valence-electron chi connectivity index (χ0n) is 24.9. The summed E-state index contributed by atoms with van der Waals surface area (Å²) in [5, 5.41) is 7.25. The predicted molar refractivity (Wildman–Crippen MR) is 177 cm³/mol. The number of ether oxygens (including phenoxy) is 1. The first-order chi connectivity index (χ1) is 21.5. The van der Waals surface area contributed by atoms with Gasteiger partial charge in [0.1, 0.15) is 6.61 Å². The molecule has 0 unspecified atom stereocenters. The second-order valence-corrected chi connectivity index (χ2v) is 13.1. The van der Waals surface area contributed by atoms with Crippen LogP contribution < -0.4 is 10.6 Å². The van der Waals surface area contributed by atoms with Crippen LogP contribution in [0.25, 0.3) is 0 Å². The maximum atomic E-state index is 13.6.